The molecule has 0 heterocycles. The number of nitrogens with two attached hydrogens (primary N) is 1. The Morgan fingerprint density at radius 2 is 1.62 bits per heavy atom. The Labute approximate surface area is 51.7 Å². The SMILES string of the molecule is CC(C)N(C)C(C)N. The van der Waals surface area contributed by atoms with E-state index in [4.69, 9.17) is 5.73 Å². The molecule has 0 bridgehead atoms. The molecule has 0 aromatic rings. The van der Waals surface area contributed by atoms with Gasteiger partial charge in [0.1, 0.15) is 0 Å². The van der Waals surface area contributed by atoms with E-state index >= 15 is 0 Å². The molecular weight excluding hydrogens is 100 g/mol. The Balaban J connectivity index is 3.46. The predicted octanol–water partition coefficient (Wildman–Crippen LogP) is 0.631. The van der Waals surface area contributed by atoms with Gasteiger partial charge in [-0.15, -0.1) is 0 Å². The lowest BCUT2D eigenvalue weighted by molar-refractivity contribution is 0.213. The second kappa shape index (κ2) is 3.05. The van der Waals surface area contributed by atoms with Crippen molar-refractivity contribution in [1.29, 1.82) is 0 Å². The van der Waals surface area contributed by atoms with Crippen molar-refractivity contribution in [2.24, 2.45) is 5.73 Å². The van der Waals surface area contributed by atoms with Crippen LogP contribution in [0, 0.1) is 0 Å². The van der Waals surface area contributed by atoms with Crippen LogP contribution in [0.25, 0.3) is 0 Å². The van der Waals surface area contributed by atoms with E-state index in [-0.39, 0.29) is 6.17 Å². The second-order valence-electron chi connectivity index (χ2n) is 2.50. The van der Waals surface area contributed by atoms with Crippen molar-refractivity contribution >= 4 is 0 Å². The van der Waals surface area contributed by atoms with E-state index in [9.17, 15) is 0 Å². The van der Waals surface area contributed by atoms with E-state index in [2.05, 4.69) is 18.7 Å². The summed E-state index contributed by atoms with van der Waals surface area (Å²) >= 11 is 0. The summed E-state index contributed by atoms with van der Waals surface area (Å²) in [5.74, 6) is 0. The molecule has 0 aliphatic rings. The number of nitrogens with zero attached hydrogens (tertiary/aromatic N) is 1. The van der Waals surface area contributed by atoms with Crippen LogP contribution in [0.5, 0.6) is 0 Å². The first-order chi connectivity index (χ1) is 3.55. The average molecular weight is 116 g/mol. The molecule has 8 heavy (non-hydrogen) atoms. The van der Waals surface area contributed by atoms with Crippen LogP contribution in [-0.2, 0) is 0 Å². The summed E-state index contributed by atoms with van der Waals surface area (Å²) in [7, 11) is 2.02. The number of hydrogen-bond donors (Lipinski definition) is 1. The standard InChI is InChI=1S/C6H16N2/c1-5(2)8(4)6(3)7/h5-6H,7H2,1-4H3. The van der Waals surface area contributed by atoms with E-state index < -0.39 is 0 Å². The molecule has 0 aliphatic heterocycles. The van der Waals surface area contributed by atoms with Crippen LogP contribution in [0.4, 0.5) is 0 Å². The highest BCUT2D eigenvalue weighted by atomic mass is 15.2. The minimum atomic E-state index is 0.176. The Morgan fingerprint density at radius 1 is 1.25 bits per heavy atom. The van der Waals surface area contributed by atoms with Crippen LogP contribution in [-0.4, -0.2) is 24.2 Å². The van der Waals surface area contributed by atoms with E-state index in [0.717, 1.165) is 0 Å². The minimum Gasteiger partial charge on any atom is -0.316 e. The zero-order chi connectivity index (χ0) is 6.73. The summed E-state index contributed by atoms with van der Waals surface area (Å²) in [6.45, 7) is 6.24. The van der Waals surface area contributed by atoms with Gasteiger partial charge in [0, 0.05) is 6.04 Å². The molecule has 0 amide bonds. The first-order valence-corrected chi connectivity index (χ1v) is 3.03. The summed E-state index contributed by atoms with van der Waals surface area (Å²) in [5.41, 5.74) is 5.56. The molecule has 2 N–H and O–H groups in total. The Hall–Kier alpha value is -0.0800. The van der Waals surface area contributed by atoms with Crippen molar-refractivity contribution in [3.8, 4) is 0 Å². The fourth-order valence-electron chi connectivity index (χ4n) is 0.470. The van der Waals surface area contributed by atoms with E-state index in [1.165, 1.54) is 0 Å². The van der Waals surface area contributed by atoms with Gasteiger partial charge in [-0.05, 0) is 27.8 Å². The van der Waals surface area contributed by atoms with Crippen molar-refractivity contribution in [2.75, 3.05) is 7.05 Å². The van der Waals surface area contributed by atoms with Crippen molar-refractivity contribution in [3.05, 3.63) is 0 Å². The maximum Gasteiger partial charge on any atom is 0.0542 e. The molecule has 50 valence electrons. The van der Waals surface area contributed by atoms with Crippen LogP contribution in [0.1, 0.15) is 20.8 Å². The first-order valence-electron chi connectivity index (χ1n) is 3.03. The van der Waals surface area contributed by atoms with Gasteiger partial charge in [0.15, 0.2) is 0 Å². The van der Waals surface area contributed by atoms with Crippen LogP contribution < -0.4 is 5.73 Å². The Kier molecular flexibility index (Phi) is 3.02. The van der Waals surface area contributed by atoms with Gasteiger partial charge in [-0.3, -0.25) is 4.90 Å². The van der Waals surface area contributed by atoms with Gasteiger partial charge in [0.2, 0.25) is 0 Å². The monoisotopic (exact) mass is 116 g/mol. The first kappa shape index (κ1) is 7.92. The molecule has 0 spiro atoms. The van der Waals surface area contributed by atoms with Gasteiger partial charge in [0.25, 0.3) is 0 Å². The van der Waals surface area contributed by atoms with Gasteiger partial charge in [-0.1, -0.05) is 0 Å². The van der Waals surface area contributed by atoms with Crippen molar-refractivity contribution in [3.63, 3.8) is 0 Å². The maximum absolute atomic E-state index is 5.56. The van der Waals surface area contributed by atoms with E-state index in [1.807, 2.05) is 14.0 Å². The highest BCUT2D eigenvalue weighted by Gasteiger charge is 2.05. The van der Waals surface area contributed by atoms with Gasteiger partial charge in [-0.25, -0.2) is 0 Å². The molecule has 0 aromatic heterocycles. The fraction of sp³-hybridized carbons (Fsp3) is 1.00. The van der Waals surface area contributed by atoms with E-state index in [1.54, 1.807) is 0 Å². The zero-order valence-corrected chi connectivity index (χ0v) is 6.18. The third-order valence-electron chi connectivity index (χ3n) is 1.46. The molecule has 1 atom stereocenters. The second-order valence-corrected chi connectivity index (χ2v) is 2.50. The average Bonchev–Trinajstić information content (AvgIpc) is 1.64. The van der Waals surface area contributed by atoms with Crippen molar-refractivity contribution in [1.82, 2.24) is 4.90 Å². The third-order valence-corrected chi connectivity index (χ3v) is 1.46. The van der Waals surface area contributed by atoms with Gasteiger partial charge in [-0.2, -0.15) is 0 Å². The molecule has 0 saturated carbocycles. The molecular formula is C6H16N2. The maximum atomic E-state index is 5.56. The lowest BCUT2D eigenvalue weighted by atomic mass is 10.3. The zero-order valence-electron chi connectivity index (χ0n) is 6.18. The molecule has 0 saturated heterocycles. The molecule has 2 nitrogen and oxygen atoms in total. The smallest absolute Gasteiger partial charge is 0.0542 e. The summed E-state index contributed by atoms with van der Waals surface area (Å²) in [6, 6.07) is 0.551. The summed E-state index contributed by atoms with van der Waals surface area (Å²) in [6.07, 6.45) is 0.176. The summed E-state index contributed by atoms with van der Waals surface area (Å²) < 4.78 is 0. The quantitative estimate of drug-likeness (QED) is 0.536. The highest BCUT2D eigenvalue weighted by molar-refractivity contribution is 4.58. The number of rotatable bonds is 2. The minimum absolute atomic E-state index is 0.176. The fourth-order valence-corrected chi connectivity index (χ4v) is 0.470. The van der Waals surface area contributed by atoms with Crippen molar-refractivity contribution in [2.45, 2.75) is 33.0 Å². The molecule has 1 unspecified atom stereocenters. The lowest BCUT2D eigenvalue weighted by Gasteiger charge is -2.24. The molecule has 0 fully saturated rings. The molecule has 0 radical (unpaired) electrons. The summed E-state index contributed by atoms with van der Waals surface area (Å²) in [5, 5.41) is 0. The van der Waals surface area contributed by atoms with Gasteiger partial charge < -0.3 is 5.73 Å². The Bertz CT molecular complexity index is 51.5. The number of hydrogen-bond acceptors (Lipinski definition) is 2. The molecule has 0 aromatic carbocycles. The molecule has 0 rings (SSSR count). The largest absolute Gasteiger partial charge is 0.316 e. The Morgan fingerprint density at radius 3 is 1.62 bits per heavy atom. The topological polar surface area (TPSA) is 29.3 Å². The lowest BCUT2D eigenvalue weighted by Crippen LogP contribution is -2.40. The third kappa shape index (κ3) is 2.28. The van der Waals surface area contributed by atoms with E-state index in [0.29, 0.717) is 6.04 Å². The molecule has 0 aliphatic carbocycles. The van der Waals surface area contributed by atoms with Gasteiger partial charge in [0.05, 0.1) is 6.17 Å². The van der Waals surface area contributed by atoms with Crippen LogP contribution in [0.15, 0.2) is 0 Å². The normalized spacial score (nSPS) is 15.4. The van der Waals surface area contributed by atoms with Crippen LogP contribution in [0.3, 0.4) is 0 Å². The van der Waals surface area contributed by atoms with Crippen LogP contribution in [0.2, 0.25) is 0 Å². The molecule has 2 heteroatoms. The summed E-state index contributed by atoms with van der Waals surface area (Å²) in [4.78, 5) is 2.11. The highest BCUT2D eigenvalue weighted by Crippen LogP contribution is 1.94. The van der Waals surface area contributed by atoms with Crippen molar-refractivity contribution < 1.29 is 0 Å². The van der Waals surface area contributed by atoms with Crippen LogP contribution >= 0.6 is 0 Å². The predicted molar refractivity (Wildman–Crippen MR) is 36.5 cm³/mol. The van der Waals surface area contributed by atoms with Gasteiger partial charge >= 0.3 is 0 Å².